The molecule has 24 heavy (non-hydrogen) atoms. The highest BCUT2D eigenvalue weighted by atomic mass is 19.1. The van der Waals surface area contributed by atoms with Crippen LogP contribution in [0.15, 0.2) is 36.4 Å². The summed E-state index contributed by atoms with van der Waals surface area (Å²) in [6.45, 7) is 7.85. The largest absolute Gasteiger partial charge is 0.341 e. The second-order valence-corrected chi connectivity index (χ2v) is 5.95. The van der Waals surface area contributed by atoms with E-state index in [-0.39, 0.29) is 6.04 Å². The Kier molecular flexibility index (Phi) is 5.34. The van der Waals surface area contributed by atoms with E-state index in [0.29, 0.717) is 5.69 Å². The molecule has 2 aromatic rings. The van der Waals surface area contributed by atoms with Crippen molar-refractivity contribution in [2.45, 2.75) is 33.7 Å². The number of carbonyl (C=O) groups is 2. The second-order valence-electron chi connectivity index (χ2n) is 5.95. The highest BCUT2D eigenvalue weighted by Crippen LogP contribution is 2.21. The van der Waals surface area contributed by atoms with Crippen molar-refractivity contribution in [1.29, 1.82) is 0 Å². The van der Waals surface area contributed by atoms with Gasteiger partial charge in [0.15, 0.2) is 0 Å². The van der Waals surface area contributed by atoms with Gasteiger partial charge in [-0.15, -0.1) is 0 Å². The van der Waals surface area contributed by atoms with Crippen LogP contribution in [-0.4, -0.2) is 11.8 Å². The Labute approximate surface area is 141 Å². The molecule has 5 heteroatoms. The van der Waals surface area contributed by atoms with Crippen molar-refractivity contribution in [2.75, 3.05) is 5.32 Å². The Morgan fingerprint density at radius 2 is 1.50 bits per heavy atom. The Balaban J connectivity index is 2.04. The minimum absolute atomic E-state index is 0.296. The molecule has 0 heterocycles. The van der Waals surface area contributed by atoms with E-state index in [2.05, 4.69) is 16.7 Å². The molecule has 0 bridgehead atoms. The summed E-state index contributed by atoms with van der Waals surface area (Å²) in [5, 5.41) is 5.13. The maximum Gasteiger partial charge on any atom is 0.313 e. The number of anilines is 1. The first-order chi connectivity index (χ1) is 11.3. The molecular formula is C19H21FN2O2. The molecule has 0 aliphatic carbocycles. The van der Waals surface area contributed by atoms with Gasteiger partial charge in [-0.3, -0.25) is 9.59 Å². The number of nitrogens with one attached hydrogen (secondary N) is 2. The summed E-state index contributed by atoms with van der Waals surface area (Å²) in [5.41, 5.74) is 4.72. The van der Waals surface area contributed by atoms with E-state index in [0.717, 1.165) is 16.7 Å². The van der Waals surface area contributed by atoms with Crippen molar-refractivity contribution in [3.8, 4) is 0 Å². The van der Waals surface area contributed by atoms with Gasteiger partial charge in [0.2, 0.25) is 0 Å². The molecule has 2 N–H and O–H groups in total. The molecule has 0 aromatic heterocycles. The summed E-state index contributed by atoms with van der Waals surface area (Å²) < 4.78 is 12.8. The van der Waals surface area contributed by atoms with Crippen molar-refractivity contribution in [3.63, 3.8) is 0 Å². The van der Waals surface area contributed by atoms with E-state index in [1.54, 1.807) is 0 Å². The second kappa shape index (κ2) is 7.25. The number of benzene rings is 2. The average molecular weight is 328 g/mol. The normalized spacial score (nSPS) is 11.7. The number of hydrogen-bond acceptors (Lipinski definition) is 2. The monoisotopic (exact) mass is 328 g/mol. The van der Waals surface area contributed by atoms with E-state index in [1.807, 2.05) is 33.8 Å². The maximum absolute atomic E-state index is 12.8. The van der Waals surface area contributed by atoms with Gasteiger partial charge in [-0.25, -0.2) is 4.39 Å². The Hall–Kier alpha value is -2.69. The minimum atomic E-state index is -0.782. The molecule has 0 unspecified atom stereocenters. The fourth-order valence-corrected chi connectivity index (χ4v) is 2.51. The van der Waals surface area contributed by atoms with Crippen LogP contribution in [0.25, 0.3) is 0 Å². The number of carbonyl (C=O) groups excluding carboxylic acids is 2. The molecule has 2 aromatic carbocycles. The van der Waals surface area contributed by atoms with Gasteiger partial charge in [0.1, 0.15) is 5.82 Å². The third-order valence-corrected chi connectivity index (χ3v) is 4.00. The highest BCUT2D eigenvalue weighted by Gasteiger charge is 2.18. The van der Waals surface area contributed by atoms with Gasteiger partial charge in [0.25, 0.3) is 0 Å². The lowest BCUT2D eigenvalue weighted by molar-refractivity contribution is -0.136. The molecule has 4 nitrogen and oxygen atoms in total. The van der Waals surface area contributed by atoms with Gasteiger partial charge < -0.3 is 10.6 Å². The lowest BCUT2D eigenvalue weighted by Gasteiger charge is -2.18. The molecule has 0 spiro atoms. The maximum atomic E-state index is 12.8. The molecule has 1 atom stereocenters. The minimum Gasteiger partial charge on any atom is -0.341 e. The van der Waals surface area contributed by atoms with Crippen molar-refractivity contribution >= 4 is 17.5 Å². The van der Waals surface area contributed by atoms with Crippen LogP contribution in [0.4, 0.5) is 10.1 Å². The van der Waals surface area contributed by atoms with Gasteiger partial charge >= 0.3 is 11.8 Å². The molecule has 126 valence electrons. The van der Waals surface area contributed by atoms with Crippen molar-refractivity contribution in [3.05, 3.63) is 64.5 Å². The van der Waals surface area contributed by atoms with Gasteiger partial charge in [0.05, 0.1) is 6.04 Å². The standard InChI is InChI=1S/C19H21FN2O2/c1-11-9-13(3)17(10-12(11)2)14(4)21-18(23)19(24)22-16-7-5-15(20)6-8-16/h5-10,14H,1-4H3,(H,21,23)(H,22,24)/t14-/m0/s1. The summed E-state index contributed by atoms with van der Waals surface area (Å²) in [5.74, 6) is -1.92. The first-order valence-corrected chi connectivity index (χ1v) is 7.73. The van der Waals surface area contributed by atoms with Crippen LogP contribution < -0.4 is 10.6 Å². The van der Waals surface area contributed by atoms with E-state index >= 15 is 0 Å². The fourth-order valence-electron chi connectivity index (χ4n) is 2.51. The molecular weight excluding hydrogens is 307 g/mol. The number of amides is 2. The van der Waals surface area contributed by atoms with Crippen molar-refractivity contribution < 1.29 is 14.0 Å². The summed E-state index contributed by atoms with van der Waals surface area (Å²) in [6, 6.07) is 9.02. The number of rotatable bonds is 3. The van der Waals surface area contributed by atoms with E-state index < -0.39 is 17.6 Å². The molecule has 0 aliphatic rings. The highest BCUT2D eigenvalue weighted by molar-refractivity contribution is 6.39. The molecule has 0 fully saturated rings. The van der Waals surface area contributed by atoms with E-state index in [4.69, 9.17) is 0 Å². The van der Waals surface area contributed by atoms with Gasteiger partial charge in [-0.05, 0) is 74.2 Å². The van der Waals surface area contributed by atoms with Crippen molar-refractivity contribution in [1.82, 2.24) is 5.32 Å². The zero-order valence-corrected chi connectivity index (χ0v) is 14.2. The van der Waals surface area contributed by atoms with Crippen molar-refractivity contribution in [2.24, 2.45) is 0 Å². The van der Waals surface area contributed by atoms with Crippen LogP contribution in [0, 0.1) is 26.6 Å². The Bertz CT molecular complexity index is 770. The third-order valence-electron chi connectivity index (χ3n) is 4.00. The summed E-state index contributed by atoms with van der Waals surface area (Å²) in [4.78, 5) is 24.0. The number of halogens is 1. The molecule has 2 amide bonds. The smallest absolute Gasteiger partial charge is 0.313 e. The summed E-state index contributed by atoms with van der Waals surface area (Å²) in [6.07, 6.45) is 0. The predicted octanol–water partition coefficient (Wildman–Crippen LogP) is 3.57. The van der Waals surface area contributed by atoms with Crippen LogP contribution in [0.1, 0.15) is 35.2 Å². The first kappa shape index (κ1) is 17.7. The number of aryl methyl sites for hydroxylation is 3. The SMILES string of the molecule is Cc1cc(C)c([C@H](C)NC(=O)C(=O)Nc2ccc(F)cc2)cc1C. The molecule has 2 rings (SSSR count). The summed E-state index contributed by atoms with van der Waals surface area (Å²) >= 11 is 0. The average Bonchev–Trinajstić information content (AvgIpc) is 2.52. The lowest BCUT2D eigenvalue weighted by Crippen LogP contribution is -2.37. The van der Waals surface area contributed by atoms with Crippen LogP contribution in [0.2, 0.25) is 0 Å². The summed E-state index contributed by atoms with van der Waals surface area (Å²) in [7, 11) is 0. The zero-order chi connectivity index (χ0) is 17.9. The number of hydrogen-bond donors (Lipinski definition) is 2. The van der Waals surface area contributed by atoms with Gasteiger partial charge in [-0.2, -0.15) is 0 Å². The van der Waals surface area contributed by atoms with E-state index in [1.165, 1.54) is 29.8 Å². The predicted molar refractivity (Wildman–Crippen MR) is 92.2 cm³/mol. The molecule has 0 saturated carbocycles. The van der Waals surface area contributed by atoms with Crippen LogP contribution >= 0.6 is 0 Å². The first-order valence-electron chi connectivity index (χ1n) is 7.73. The van der Waals surface area contributed by atoms with Crippen LogP contribution in [0.3, 0.4) is 0 Å². The topological polar surface area (TPSA) is 58.2 Å². The van der Waals surface area contributed by atoms with Gasteiger partial charge in [0, 0.05) is 5.69 Å². The molecule has 0 saturated heterocycles. The van der Waals surface area contributed by atoms with E-state index in [9.17, 15) is 14.0 Å². The zero-order valence-electron chi connectivity index (χ0n) is 14.2. The molecule has 0 radical (unpaired) electrons. The third kappa shape index (κ3) is 4.19. The fraction of sp³-hybridized carbons (Fsp3) is 0.263. The Morgan fingerprint density at radius 1 is 0.917 bits per heavy atom. The Morgan fingerprint density at radius 3 is 2.12 bits per heavy atom. The molecule has 0 aliphatic heterocycles. The van der Waals surface area contributed by atoms with Gasteiger partial charge in [-0.1, -0.05) is 12.1 Å². The van der Waals surface area contributed by atoms with Crippen LogP contribution in [-0.2, 0) is 9.59 Å². The quantitative estimate of drug-likeness (QED) is 0.846. The lowest BCUT2D eigenvalue weighted by atomic mass is 9.96. The van der Waals surface area contributed by atoms with Crippen LogP contribution in [0.5, 0.6) is 0 Å².